The van der Waals surface area contributed by atoms with Gasteiger partial charge in [0.15, 0.2) is 6.61 Å². The summed E-state index contributed by atoms with van der Waals surface area (Å²) < 4.78 is 10.4. The lowest BCUT2D eigenvalue weighted by molar-refractivity contribution is -0.151. The van der Waals surface area contributed by atoms with E-state index >= 15 is 0 Å². The Hall–Kier alpha value is -3.68. The summed E-state index contributed by atoms with van der Waals surface area (Å²) in [5, 5.41) is 2.71. The van der Waals surface area contributed by atoms with Gasteiger partial charge in [0.1, 0.15) is 0 Å². The van der Waals surface area contributed by atoms with Gasteiger partial charge in [-0.2, -0.15) is 0 Å². The Balaban J connectivity index is 1.49. The summed E-state index contributed by atoms with van der Waals surface area (Å²) in [7, 11) is 0. The number of benzene rings is 2. The molecule has 35 heavy (non-hydrogen) atoms. The number of hydrogen-bond donors (Lipinski definition) is 1. The molecular formula is C27H32N2O6. The highest BCUT2D eigenvalue weighted by Gasteiger charge is 2.36. The SMILES string of the molecule is CCCCCOC(=O)c1ccc(N2C[C@@H](C(=O)OCC(=O)Nc3cc(C)cc(C)c3)CC2=O)cc1. The van der Waals surface area contributed by atoms with Crippen molar-refractivity contribution in [1.82, 2.24) is 0 Å². The fraction of sp³-hybridized carbons (Fsp3) is 0.407. The molecule has 1 fully saturated rings. The Kier molecular flexibility index (Phi) is 9.00. The van der Waals surface area contributed by atoms with E-state index < -0.39 is 30.4 Å². The van der Waals surface area contributed by atoms with E-state index in [2.05, 4.69) is 12.2 Å². The van der Waals surface area contributed by atoms with Crippen LogP contribution in [0.1, 0.15) is 54.1 Å². The quantitative estimate of drug-likeness (QED) is 0.404. The van der Waals surface area contributed by atoms with Crippen molar-refractivity contribution in [3.05, 3.63) is 59.2 Å². The van der Waals surface area contributed by atoms with Crippen molar-refractivity contribution in [2.45, 2.75) is 46.5 Å². The zero-order valence-corrected chi connectivity index (χ0v) is 20.5. The molecule has 8 nitrogen and oxygen atoms in total. The second kappa shape index (κ2) is 12.1. The van der Waals surface area contributed by atoms with Gasteiger partial charge in [-0.1, -0.05) is 25.8 Å². The third-order valence-corrected chi connectivity index (χ3v) is 5.71. The third-order valence-electron chi connectivity index (χ3n) is 5.71. The average Bonchev–Trinajstić information content (AvgIpc) is 3.21. The summed E-state index contributed by atoms with van der Waals surface area (Å²) in [5.74, 6) is -2.33. The molecule has 0 saturated carbocycles. The van der Waals surface area contributed by atoms with E-state index in [0.717, 1.165) is 30.4 Å². The smallest absolute Gasteiger partial charge is 0.338 e. The van der Waals surface area contributed by atoms with Gasteiger partial charge in [0.25, 0.3) is 5.91 Å². The predicted octanol–water partition coefficient (Wildman–Crippen LogP) is 4.19. The Morgan fingerprint density at radius 2 is 1.69 bits per heavy atom. The van der Waals surface area contributed by atoms with Crippen molar-refractivity contribution in [3.63, 3.8) is 0 Å². The minimum absolute atomic E-state index is 0.00124. The zero-order valence-electron chi connectivity index (χ0n) is 20.5. The largest absolute Gasteiger partial charge is 0.462 e. The number of hydrogen-bond acceptors (Lipinski definition) is 6. The van der Waals surface area contributed by atoms with Crippen LogP contribution in [0.3, 0.4) is 0 Å². The predicted molar refractivity (Wildman–Crippen MR) is 132 cm³/mol. The number of rotatable bonds is 10. The van der Waals surface area contributed by atoms with Gasteiger partial charge in [-0.25, -0.2) is 4.79 Å². The monoisotopic (exact) mass is 480 g/mol. The molecule has 1 aliphatic rings. The van der Waals surface area contributed by atoms with Crippen molar-refractivity contribution >= 4 is 35.1 Å². The Labute approximate surface area is 205 Å². The number of anilines is 2. The molecule has 8 heteroatoms. The van der Waals surface area contributed by atoms with Crippen molar-refractivity contribution < 1.29 is 28.7 Å². The maximum absolute atomic E-state index is 12.5. The normalized spacial score (nSPS) is 15.1. The third kappa shape index (κ3) is 7.40. The first kappa shape index (κ1) is 25.9. The van der Waals surface area contributed by atoms with Crippen molar-refractivity contribution in [1.29, 1.82) is 0 Å². The molecule has 0 aliphatic carbocycles. The number of amides is 2. The lowest BCUT2D eigenvalue weighted by atomic mass is 10.1. The van der Waals surface area contributed by atoms with Crippen LogP contribution in [-0.4, -0.2) is 43.5 Å². The van der Waals surface area contributed by atoms with Crippen LogP contribution in [0.5, 0.6) is 0 Å². The molecular weight excluding hydrogens is 448 g/mol. The molecule has 1 atom stereocenters. The highest BCUT2D eigenvalue weighted by atomic mass is 16.5. The summed E-state index contributed by atoms with van der Waals surface area (Å²) in [6, 6.07) is 12.2. The van der Waals surface area contributed by atoms with Gasteiger partial charge in [-0.3, -0.25) is 14.4 Å². The van der Waals surface area contributed by atoms with Crippen LogP contribution in [0.25, 0.3) is 0 Å². The van der Waals surface area contributed by atoms with E-state index in [0.29, 0.717) is 23.5 Å². The summed E-state index contributed by atoms with van der Waals surface area (Å²) in [4.78, 5) is 50.8. The van der Waals surface area contributed by atoms with E-state index in [4.69, 9.17) is 9.47 Å². The molecule has 1 N–H and O–H groups in total. The second-order valence-corrected chi connectivity index (χ2v) is 8.83. The van der Waals surface area contributed by atoms with E-state index in [-0.39, 0.29) is 18.9 Å². The zero-order chi connectivity index (χ0) is 25.4. The fourth-order valence-electron chi connectivity index (χ4n) is 3.99. The molecule has 1 saturated heterocycles. The first-order chi connectivity index (χ1) is 16.8. The topological polar surface area (TPSA) is 102 Å². The van der Waals surface area contributed by atoms with Gasteiger partial charge in [0.2, 0.25) is 5.91 Å². The number of carbonyl (C=O) groups is 4. The molecule has 2 amide bonds. The van der Waals surface area contributed by atoms with Crippen LogP contribution in [-0.2, 0) is 23.9 Å². The van der Waals surface area contributed by atoms with Gasteiger partial charge in [-0.05, 0) is 67.8 Å². The van der Waals surface area contributed by atoms with Crippen molar-refractivity contribution in [3.8, 4) is 0 Å². The van der Waals surface area contributed by atoms with E-state index in [1.807, 2.05) is 32.0 Å². The van der Waals surface area contributed by atoms with Crippen LogP contribution in [0.4, 0.5) is 11.4 Å². The van der Waals surface area contributed by atoms with Gasteiger partial charge in [0.05, 0.1) is 18.1 Å². The summed E-state index contributed by atoms with van der Waals surface area (Å²) in [6.45, 7) is 6.04. The molecule has 1 aliphatic heterocycles. The van der Waals surface area contributed by atoms with Gasteiger partial charge in [-0.15, -0.1) is 0 Å². The second-order valence-electron chi connectivity index (χ2n) is 8.83. The number of ether oxygens (including phenoxy) is 2. The lowest BCUT2D eigenvalue weighted by Gasteiger charge is -2.17. The standard InChI is InChI=1S/C27H32N2O6/c1-4-5-6-11-34-26(32)20-7-9-23(10-8-20)29-16-21(15-25(29)31)27(33)35-17-24(30)28-22-13-18(2)12-19(3)14-22/h7-10,12-14,21H,4-6,11,15-17H2,1-3H3,(H,28,30)/t21-/m0/s1. The number of nitrogens with one attached hydrogen (secondary N) is 1. The first-order valence-corrected chi connectivity index (χ1v) is 11.9. The molecule has 0 aromatic heterocycles. The molecule has 1 heterocycles. The maximum atomic E-state index is 12.5. The van der Waals surface area contributed by atoms with Crippen LogP contribution in [0, 0.1) is 19.8 Å². The van der Waals surface area contributed by atoms with Gasteiger partial charge < -0.3 is 19.7 Å². The van der Waals surface area contributed by atoms with Crippen LogP contribution >= 0.6 is 0 Å². The minimum atomic E-state index is -0.667. The first-order valence-electron chi connectivity index (χ1n) is 11.9. The number of carbonyl (C=O) groups excluding carboxylic acids is 4. The Bertz CT molecular complexity index is 1060. The maximum Gasteiger partial charge on any atom is 0.338 e. The van der Waals surface area contributed by atoms with Crippen LogP contribution < -0.4 is 10.2 Å². The number of esters is 2. The fourth-order valence-corrected chi connectivity index (χ4v) is 3.99. The molecule has 3 rings (SSSR count). The number of nitrogens with zero attached hydrogens (tertiary/aromatic N) is 1. The molecule has 2 aromatic rings. The van der Waals surface area contributed by atoms with Gasteiger partial charge in [0, 0.05) is 24.3 Å². The van der Waals surface area contributed by atoms with Gasteiger partial charge >= 0.3 is 11.9 Å². The summed E-state index contributed by atoms with van der Waals surface area (Å²) in [6.07, 6.45) is 2.88. The van der Waals surface area contributed by atoms with Crippen molar-refractivity contribution in [2.24, 2.45) is 5.92 Å². The minimum Gasteiger partial charge on any atom is -0.462 e. The lowest BCUT2D eigenvalue weighted by Crippen LogP contribution is -2.28. The van der Waals surface area contributed by atoms with E-state index in [1.165, 1.54) is 4.90 Å². The summed E-state index contributed by atoms with van der Waals surface area (Å²) >= 11 is 0. The Morgan fingerprint density at radius 1 is 1.00 bits per heavy atom. The number of unbranched alkanes of at least 4 members (excludes halogenated alkanes) is 2. The molecule has 0 spiro atoms. The molecule has 0 radical (unpaired) electrons. The molecule has 2 aromatic carbocycles. The van der Waals surface area contributed by atoms with Crippen LogP contribution in [0.2, 0.25) is 0 Å². The molecule has 0 unspecified atom stereocenters. The number of aryl methyl sites for hydroxylation is 2. The average molecular weight is 481 g/mol. The highest BCUT2D eigenvalue weighted by Crippen LogP contribution is 2.26. The molecule has 186 valence electrons. The summed E-state index contributed by atoms with van der Waals surface area (Å²) in [5.41, 5.74) is 3.65. The van der Waals surface area contributed by atoms with E-state index in [9.17, 15) is 19.2 Å². The van der Waals surface area contributed by atoms with E-state index in [1.54, 1.807) is 24.3 Å². The van der Waals surface area contributed by atoms with Crippen molar-refractivity contribution in [2.75, 3.05) is 30.0 Å². The highest BCUT2D eigenvalue weighted by molar-refractivity contribution is 6.00. The Morgan fingerprint density at radius 3 is 2.34 bits per heavy atom. The molecule has 0 bridgehead atoms. The van der Waals surface area contributed by atoms with Crippen LogP contribution in [0.15, 0.2) is 42.5 Å².